The van der Waals surface area contributed by atoms with Gasteiger partial charge in [-0.3, -0.25) is 4.79 Å². The van der Waals surface area contributed by atoms with Crippen molar-refractivity contribution in [2.45, 2.75) is 66.2 Å². The summed E-state index contributed by atoms with van der Waals surface area (Å²) in [5.41, 5.74) is 3.18. The molecule has 1 heterocycles. The van der Waals surface area contributed by atoms with Crippen molar-refractivity contribution >= 4 is 11.8 Å². The molecule has 1 aliphatic carbocycles. The third-order valence-corrected chi connectivity index (χ3v) is 5.81. The number of rotatable bonds is 7. The minimum atomic E-state index is -0.561. The van der Waals surface area contributed by atoms with Crippen LogP contribution in [0, 0.1) is 5.41 Å². The molecule has 1 aromatic carbocycles. The lowest BCUT2D eigenvalue weighted by Crippen LogP contribution is -2.38. The number of esters is 1. The van der Waals surface area contributed by atoms with Crippen molar-refractivity contribution in [2.24, 2.45) is 5.41 Å². The highest BCUT2D eigenvalue weighted by Gasteiger charge is 2.43. The molecule has 0 saturated carbocycles. The Kier molecular flexibility index (Phi) is 6.77. The number of phenolic OH excluding ortho intramolecular Hbond substituents is 1. The summed E-state index contributed by atoms with van der Waals surface area (Å²) in [5.74, 6) is -0.591. The van der Waals surface area contributed by atoms with E-state index < -0.39 is 11.9 Å². The van der Waals surface area contributed by atoms with Crippen LogP contribution in [0.4, 0.5) is 0 Å². The zero-order valence-electron chi connectivity index (χ0n) is 19.1. The number of unbranched alkanes of at least 4 members (excludes halogenated alkanes) is 1. The van der Waals surface area contributed by atoms with E-state index in [0.717, 1.165) is 30.5 Å². The molecule has 2 N–H and O–H groups in total. The van der Waals surface area contributed by atoms with E-state index >= 15 is 0 Å². The third-order valence-electron chi connectivity index (χ3n) is 5.81. The van der Waals surface area contributed by atoms with Crippen LogP contribution in [0.2, 0.25) is 0 Å². The number of dihydropyridines is 1. The summed E-state index contributed by atoms with van der Waals surface area (Å²) < 4.78 is 11.1. The average Bonchev–Trinajstić information content (AvgIpc) is 2.68. The van der Waals surface area contributed by atoms with Crippen molar-refractivity contribution in [1.82, 2.24) is 5.32 Å². The van der Waals surface area contributed by atoms with Gasteiger partial charge in [-0.1, -0.05) is 33.3 Å². The number of ketones is 1. The quantitative estimate of drug-likeness (QED) is 0.483. The molecule has 1 aliphatic heterocycles. The number of allylic oxidation sites excluding steroid dienone is 3. The Morgan fingerprint density at radius 1 is 1.26 bits per heavy atom. The minimum Gasteiger partial charge on any atom is -0.504 e. The molecular weight excluding hydrogens is 394 g/mol. The molecule has 1 aromatic rings. The summed E-state index contributed by atoms with van der Waals surface area (Å²) in [5, 5.41) is 13.5. The van der Waals surface area contributed by atoms with Crippen LogP contribution in [-0.2, 0) is 14.3 Å². The van der Waals surface area contributed by atoms with Gasteiger partial charge < -0.3 is 19.9 Å². The first kappa shape index (κ1) is 22.9. The van der Waals surface area contributed by atoms with E-state index in [1.54, 1.807) is 18.2 Å². The highest BCUT2D eigenvalue weighted by Crippen LogP contribution is 2.47. The number of benzene rings is 1. The van der Waals surface area contributed by atoms with Gasteiger partial charge in [0.25, 0.3) is 0 Å². The summed E-state index contributed by atoms with van der Waals surface area (Å²) in [6.45, 7) is 10.6. The topological polar surface area (TPSA) is 84.9 Å². The lowest BCUT2D eigenvalue weighted by molar-refractivity contribution is -0.139. The van der Waals surface area contributed by atoms with Crippen LogP contribution in [0.15, 0.2) is 40.7 Å². The average molecular weight is 428 g/mol. The molecular formula is C25H33NO5. The predicted molar refractivity (Wildman–Crippen MR) is 119 cm³/mol. The highest BCUT2D eigenvalue weighted by atomic mass is 16.5. The van der Waals surface area contributed by atoms with E-state index in [9.17, 15) is 14.7 Å². The molecule has 0 spiro atoms. The molecule has 31 heavy (non-hydrogen) atoms. The number of Topliss-reactive ketones (excluding diaryl/α,β-unsaturated/α-hetero) is 1. The van der Waals surface area contributed by atoms with Crippen molar-refractivity contribution in [3.8, 4) is 11.5 Å². The molecule has 0 radical (unpaired) electrons. The first-order valence-electron chi connectivity index (χ1n) is 11.0. The standard InChI is InChI=1S/C25H33NO5/c1-6-8-11-31-24(29)21-15(3)26-17-13-25(4,5)14-19(28)23(17)22(21)16-9-10-18(27)20(12-16)30-7-2/h9-10,12,22,26-27H,6-8,11,13-14H2,1-5H3/t22-/m0/s1. The van der Waals surface area contributed by atoms with Crippen LogP contribution in [0.25, 0.3) is 0 Å². The van der Waals surface area contributed by atoms with Gasteiger partial charge in [0.05, 0.1) is 18.8 Å². The SMILES string of the molecule is CCCCOC(=O)C1=C(C)NC2=C(C(=O)CC(C)(C)C2)[C@H]1c1ccc(O)c(OCC)c1. The Bertz CT molecular complexity index is 941. The van der Waals surface area contributed by atoms with Crippen molar-refractivity contribution in [2.75, 3.05) is 13.2 Å². The molecule has 0 bridgehead atoms. The molecule has 2 aliphatic rings. The van der Waals surface area contributed by atoms with Gasteiger partial charge in [0.1, 0.15) is 0 Å². The summed E-state index contributed by atoms with van der Waals surface area (Å²) in [6, 6.07) is 5.02. The van der Waals surface area contributed by atoms with Crippen LogP contribution < -0.4 is 10.1 Å². The second-order valence-electron chi connectivity index (χ2n) is 9.08. The Morgan fingerprint density at radius 2 is 2.00 bits per heavy atom. The van der Waals surface area contributed by atoms with E-state index in [1.807, 2.05) is 20.8 Å². The predicted octanol–water partition coefficient (Wildman–Crippen LogP) is 4.74. The third kappa shape index (κ3) is 4.78. The smallest absolute Gasteiger partial charge is 0.336 e. The normalized spacial score (nSPS) is 20.3. The number of carbonyl (C=O) groups is 2. The van der Waals surface area contributed by atoms with Crippen LogP contribution in [0.5, 0.6) is 11.5 Å². The van der Waals surface area contributed by atoms with Crippen LogP contribution >= 0.6 is 0 Å². The van der Waals surface area contributed by atoms with Gasteiger partial charge in [-0.25, -0.2) is 4.79 Å². The maximum absolute atomic E-state index is 13.3. The summed E-state index contributed by atoms with van der Waals surface area (Å²) in [4.78, 5) is 26.4. The van der Waals surface area contributed by atoms with Gasteiger partial charge in [0.15, 0.2) is 17.3 Å². The first-order valence-corrected chi connectivity index (χ1v) is 11.0. The highest BCUT2D eigenvalue weighted by molar-refractivity contribution is 6.04. The van der Waals surface area contributed by atoms with E-state index in [0.29, 0.717) is 42.2 Å². The molecule has 0 amide bonds. The maximum atomic E-state index is 13.3. The van der Waals surface area contributed by atoms with Crippen molar-refractivity contribution in [1.29, 1.82) is 0 Å². The molecule has 168 valence electrons. The van der Waals surface area contributed by atoms with E-state index in [4.69, 9.17) is 9.47 Å². The number of hydrogen-bond donors (Lipinski definition) is 2. The van der Waals surface area contributed by atoms with E-state index in [-0.39, 0.29) is 16.9 Å². The van der Waals surface area contributed by atoms with Crippen LogP contribution in [0.1, 0.15) is 71.8 Å². The van der Waals surface area contributed by atoms with Gasteiger partial charge in [-0.2, -0.15) is 0 Å². The number of phenols is 1. The Morgan fingerprint density at radius 3 is 2.68 bits per heavy atom. The second kappa shape index (κ2) is 9.16. The molecule has 1 atom stereocenters. The fraction of sp³-hybridized carbons (Fsp3) is 0.520. The lowest BCUT2D eigenvalue weighted by Gasteiger charge is -2.39. The molecule has 0 fully saturated rings. The van der Waals surface area contributed by atoms with Gasteiger partial charge >= 0.3 is 5.97 Å². The molecule has 6 nitrogen and oxygen atoms in total. The van der Waals surface area contributed by atoms with Crippen molar-refractivity contribution in [3.63, 3.8) is 0 Å². The number of hydrogen-bond acceptors (Lipinski definition) is 6. The Hall–Kier alpha value is -2.76. The second-order valence-corrected chi connectivity index (χ2v) is 9.08. The molecule has 0 aromatic heterocycles. The lowest BCUT2D eigenvalue weighted by atomic mass is 9.68. The summed E-state index contributed by atoms with van der Waals surface area (Å²) in [6.07, 6.45) is 2.84. The maximum Gasteiger partial charge on any atom is 0.336 e. The van der Waals surface area contributed by atoms with Crippen molar-refractivity contribution in [3.05, 3.63) is 46.3 Å². The van der Waals surface area contributed by atoms with Crippen LogP contribution in [-0.4, -0.2) is 30.1 Å². The minimum absolute atomic E-state index is 0.0256. The molecule has 0 saturated heterocycles. The molecule has 6 heteroatoms. The van der Waals surface area contributed by atoms with E-state index in [2.05, 4.69) is 19.2 Å². The van der Waals surface area contributed by atoms with Gasteiger partial charge in [0.2, 0.25) is 0 Å². The number of ether oxygens (including phenoxy) is 2. The zero-order chi connectivity index (χ0) is 22.8. The van der Waals surface area contributed by atoms with Gasteiger partial charge in [-0.05, 0) is 49.8 Å². The fourth-order valence-corrected chi connectivity index (χ4v) is 4.41. The Labute approximate surface area is 184 Å². The van der Waals surface area contributed by atoms with Gasteiger partial charge in [-0.15, -0.1) is 0 Å². The Balaban J connectivity index is 2.12. The largest absolute Gasteiger partial charge is 0.504 e. The fourth-order valence-electron chi connectivity index (χ4n) is 4.41. The van der Waals surface area contributed by atoms with Crippen molar-refractivity contribution < 1.29 is 24.2 Å². The summed E-state index contributed by atoms with van der Waals surface area (Å²) in [7, 11) is 0. The monoisotopic (exact) mass is 427 g/mol. The van der Waals surface area contributed by atoms with Gasteiger partial charge in [0, 0.05) is 29.3 Å². The van der Waals surface area contributed by atoms with E-state index in [1.165, 1.54) is 0 Å². The molecule has 3 rings (SSSR count). The first-order chi connectivity index (χ1) is 14.7. The zero-order valence-corrected chi connectivity index (χ0v) is 19.1. The number of nitrogens with one attached hydrogen (secondary N) is 1. The molecule has 0 unspecified atom stereocenters. The number of aromatic hydroxyl groups is 1. The number of carbonyl (C=O) groups excluding carboxylic acids is 2. The summed E-state index contributed by atoms with van der Waals surface area (Å²) >= 11 is 0. The van der Waals surface area contributed by atoms with Crippen LogP contribution in [0.3, 0.4) is 0 Å².